The van der Waals surface area contributed by atoms with Crippen molar-refractivity contribution in [1.29, 1.82) is 0 Å². The van der Waals surface area contributed by atoms with Gasteiger partial charge in [0.1, 0.15) is 0 Å². The summed E-state index contributed by atoms with van der Waals surface area (Å²) in [6.45, 7) is 7.60. The fourth-order valence-electron chi connectivity index (χ4n) is 1.90. The molecule has 0 aromatic heterocycles. The van der Waals surface area contributed by atoms with E-state index in [1.807, 2.05) is 0 Å². The first-order valence-corrected chi connectivity index (χ1v) is 6.95. The number of hydrogen-bond acceptors (Lipinski definition) is 1. The second-order valence-electron chi connectivity index (χ2n) is 4.43. The number of hydrogen-bond donors (Lipinski definition) is 1. The lowest BCUT2D eigenvalue weighted by Crippen LogP contribution is -2.04. The van der Waals surface area contributed by atoms with E-state index >= 15 is 0 Å². The van der Waals surface area contributed by atoms with E-state index in [1.54, 1.807) is 0 Å². The summed E-state index contributed by atoms with van der Waals surface area (Å²) in [5, 5.41) is 3.52. The Morgan fingerprint density at radius 2 is 1.88 bits per heavy atom. The predicted octanol–water partition coefficient (Wildman–Crippen LogP) is 5.06. The van der Waals surface area contributed by atoms with E-state index in [4.69, 9.17) is 0 Å². The average Bonchev–Trinajstić information content (AvgIpc) is 2.20. The molecule has 0 unspecified atom stereocenters. The Balaban J connectivity index is 2.47. The molecule has 0 saturated heterocycles. The Morgan fingerprint density at radius 1 is 1.12 bits per heavy atom. The van der Waals surface area contributed by atoms with Gasteiger partial charge in [-0.1, -0.05) is 32.3 Å². The summed E-state index contributed by atoms with van der Waals surface area (Å²) in [4.78, 5) is 0. The van der Waals surface area contributed by atoms with E-state index in [-0.39, 0.29) is 0 Å². The molecule has 1 rings (SSSR count). The van der Waals surface area contributed by atoms with E-state index < -0.39 is 0 Å². The molecule has 16 heavy (non-hydrogen) atoms. The lowest BCUT2D eigenvalue weighted by Gasteiger charge is -2.12. The lowest BCUT2D eigenvalue weighted by atomic mass is 10.1. The van der Waals surface area contributed by atoms with Crippen molar-refractivity contribution in [1.82, 2.24) is 0 Å². The lowest BCUT2D eigenvalue weighted by molar-refractivity contribution is 0.685. The fraction of sp³-hybridized carbons (Fsp3) is 0.571. The molecule has 1 nitrogen and oxygen atoms in total. The van der Waals surface area contributed by atoms with E-state index in [1.165, 1.54) is 47.0 Å². The zero-order valence-corrected chi connectivity index (χ0v) is 12.2. The van der Waals surface area contributed by atoms with E-state index in [0.29, 0.717) is 0 Å². The SMILES string of the molecule is CCCCCCNc1c(C)cc(C)cc1Br. The van der Waals surface area contributed by atoms with Gasteiger partial charge in [-0.2, -0.15) is 0 Å². The van der Waals surface area contributed by atoms with Gasteiger partial charge in [0.15, 0.2) is 0 Å². The quantitative estimate of drug-likeness (QED) is 0.720. The molecule has 0 saturated carbocycles. The summed E-state index contributed by atoms with van der Waals surface area (Å²) >= 11 is 3.62. The Hall–Kier alpha value is -0.500. The molecule has 0 bridgehead atoms. The number of unbranched alkanes of at least 4 members (excludes halogenated alkanes) is 3. The first-order chi connectivity index (χ1) is 7.65. The number of rotatable bonds is 6. The fourth-order valence-corrected chi connectivity index (χ4v) is 2.72. The molecule has 0 atom stereocenters. The monoisotopic (exact) mass is 283 g/mol. The average molecular weight is 284 g/mol. The van der Waals surface area contributed by atoms with Gasteiger partial charge < -0.3 is 5.32 Å². The third-order valence-corrected chi connectivity index (χ3v) is 3.39. The molecule has 1 aromatic carbocycles. The van der Waals surface area contributed by atoms with Crippen molar-refractivity contribution < 1.29 is 0 Å². The highest BCUT2D eigenvalue weighted by Crippen LogP contribution is 2.27. The third-order valence-electron chi connectivity index (χ3n) is 2.76. The van der Waals surface area contributed by atoms with Crippen molar-refractivity contribution in [3.8, 4) is 0 Å². The largest absolute Gasteiger partial charge is 0.384 e. The van der Waals surface area contributed by atoms with Crippen molar-refractivity contribution >= 4 is 21.6 Å². The number of nitrogens with one attached hydrogen (secondary N) is 1. The topological polar surface area (TPSA) is 12.0 Å². The van der Waals surface area contributed by atoms with Crippen molar-refractivity contribution in [2.75, 3.05) is 11.9 Å². The molecule has 0 spiro atoms. The van der Waals surface area contributed by atoms with Crippen LogP contribution in [0.5, 0.6) is 0 Å². The third kappa shape index (κ3) is 4.17. The van der Waals surface area contributed by atoms with Crippen LogP contribution in [0.1, 0.15) is 43.7 Å². The van der Waals surface area contributed by atoms with Crippen molar-refractivity contribution in [2.24, 2.45) is 0 Å². The minimum Gasteiger partial charge on any atom is -0.384 e. The van der Waals surface area contributed by atoms with Crippen molar-refractivity contribution in [2.45, 2.75) is 46.5 Å². The Labute approximate surface area is 108 Å². The number of anilines is 1. The summed E-state index contributed by atoms with van der Waals surface area (Å²) < 4.78 is 1.18. The van der Waals surface area contributed by atoms with E-state index in [0.717, 1.165) is 6.54 Å². The van der Waals surface area contributed by atoms with Crippen LogP contribution in [0.15, 0.2) is 16.6 Å². The maximum atomic E-state index is 3.62. The minimum absolute atomic E-state index is 1.07. The summed E-state index contributed by atoms with van der Waals surface area (Å²) in [5.41, 5.74) is 3.88. The number of benzene rings is 1. The van der Waals surface area contributed by atoms with Gasteiger partial charge in [0.25, 0.3) is 0 Å². The summed E-state index contributed by atoms with van der Waals surface area (Å²) in [6, 6.07) is 4.39. The predicted molar refractivity (Wildman–Crippen MR) is 76.2 cm³/mol. The molecule has 0 radical (unpaired) electrons. The second kappa shape index (κ2) is 6.95. The van der Waals surface area contributed by atoms with Gasteiger partial charge in [-0.15, -0.1) is 0 Å². The normalized spacial score (nSPS) is 10.5. The van der Waals surface area contributed by atoms with Gasteiger partial charge in [-0.05, 0) is 53.4 Å². The van der Waals surface area contributed by atoms with Crippen LogP contribution in [0.4, 0.5) is 5.69 Å². The standard InChI is InChI=1S/C14H22BrN/c1-4-5-6-7-8-16-14-12(3)9-11(2)10-13(14)15/h9-10,16H,4-8H2,1-3H3. The maximum Gasteiger partial charge on any atom is 0.0514 e. The highest BCUT2D eigenvalue weighted by atomic mass is 79.9. The maximum absolute atomic E-state index is 3.62. The molecule has 0 aliphatic carbocycles. The number of halogens is 1. The van der Waals surface area contributed by atoms with E-state index in [9.17, 15) is 0 Å². The van der Waals surface area contributed by atoms with Gasteiger partial charge in [-0.3, -0.25) is 0 Å². The van der Waals surface area contributed by atoms with Crippen LogP contribution >= 0.6 is 15.9 Å². The zero-order chi connectivity index (χ0) is 12.0. The zero-order valence-electron chi connectivity index (χ0n) is 10.6. The molecule has 0 fully saturated rings. The first kappa shape index (κ1) is 13.6. The molecule has 0 aliphatic heterocycles. The molecular weight excluding hydrogens is 262 g/mol. The highest BCUT2D eigenvalue weighted by molar-refractivity contribution is 9.10. The van der Waals surface area contributed by atoms with Crippen LogP contribution in [0.25, 0.3) is 0 Å². The Morgan fingerprint density at radius 3 is 2.50 bits per heavy atom. The summed E-state index contributed by atoms with van der Waals surface area (Å²) in [6.07, 6.45) is 5.22. The van der Waals surface area contributed by atoms with Crippen LogP contribution in [0, 0.1) is 13.8 Å². The summed E-state index contributed by atoms with van der Waals surface area (Å²) in [7, 11) is 0. The van der Waals surface area contributed by atoms with Crippen molar-refractivity contribution in [3.63, 3.8) is 0 Å². The molecule has 1 aromatic rings. The van der Waals surface area contributed by atoms with Crippen LogP contribution in [-0.4, -0.2) is 6.54 Å². The first-order valence-electron chi connectivity index (χ1n) is 6.15. The molecule has 2 heteroatoms. The van der Waals surface area contributed by atoms with Gasteiger partial charge in [0.05, 0.1) is 5.69 Å². The van der Waals surface area contributed by atoms with Gasteiger partial charge in [0, 0.05) is 11.0 Å². The molecule has 90 valence electrons. The van der Waals surface area contributed by atoms with Crippen LogP contribution in [0.2, 0.25) is 0 Å². The highest BCUT2D eigenvalue weighted by Gasteiger charge is 2.03. The molecule has 0 aliphatic rings. The van der Waals surface area contributed by atoms with Gasteiger partial charge in [-0.25, -0.2) is 0 Å². The Kier molecular flexibility index (Phi) is 5.89. The van der Waals surface area contributed by atoms with Crippen LogP contribution in [0.3, 0.4) is 0 Å². The van der Waals surface area contributed by atoms with E-state index in [2.05, 4.69) is 54.2 Å². The summed E-state index contributed by atoms with van der Waals surface area (Å²) in [5.74, 6) is 0. The van der Waals surface area contributed by atoms with Gasteiger partial charge >= 0.3 is 0 Å². The van der Waals surface area contributed by atoms with Gasteiger partial charge in [0.2, 0.25) is 0 Å². The molecular formula is C14H22BrN. The number of aryl methyl sites for hydroxylation is 2. The van der Waals surface area contributed by atoms with Crippen molar-refractivity contribution in [3.05, 3.63) is 27.7 Å². The second-order valence-corrected chi connectivity index (χ2v) is 5.28. The Bertz CT molecular complexity index is 311. The molecule has 0 heterocycles. The molecule has 1 N–H and O–H groups in total. The van der Waals surface area contributed by atoms with Crippen LogP contribution in [-0.2, 0) is 0 Å². The smallest absolute Gasteiger partial charge is 0.0514 e. The molecule has 0 amide bonds. The van der Waals surface area contributed by atoms with Crippen LogP contribution < -0.4 is 5.32 Å². The minimum atomic E-state index is 1.07.